The number of aliphatic hydroxyl groups excluding tert-OH is 1. The van der Waals surface area contributed by atoms with Crippen molar-refractivity contribution in [3.8, 4) is 5.75 Å². The second-order valence-corrected chi connectivity index (χ2v) is 5.55. The van der Waals surface area contributed by atoms with Gasteiger partial charge in [0.2, 0.25) is 0 Å². The summed E-state index contributed by atoms with van der Waals surface area (Å²) in [6.07, 6.45) is 4.62. The van der Waals surface area contributed by atoms with Crippen molar-refractivity contribution in [2.24, 2.45) is 0 Å². The molecule has 0 radical (unpaired) electrons. The fourth-order valence-corrected chi connectivity index (χ4v) is 2.72. The third-order valence-electron chi connectivity index (χ3n) is 3.70. The van der Waals surface area contributed by atoms with Crippen LogP contribution in [0.3, 0.4) is 0 Å². The molecule has 0 unspecified atom stereocenters. The summed E-state index contributed by atoms with van der Waals surface area (Å²) in [5, 5.41) is 22.5. The Labute approximate surface area is 117 Å². The highest BCUT2D eigenvalue weighted by atomic mass is 35.5. The summed E-state index contributed by atoms with van der Waals surface area (Å²) in [4.78, 5) is 12.2. The van der Waals surface area contributed by atoms with Gasteiger partial charge in [-0.1, -0.05) is 30.9 Å². The molecule has 1 aromatic carbocycles. The number of aliphatic hydroxyl groups is 1. The van der Waals surface area contributed by atoms with Crippen molar-refractivity contribution in [1.29, 1.82) is 0 Å². The van der Waals surface area contributed by atoms with Gasteiger partial charge in [0.1, 0.15) is 5.75 Å². The van der Waals surface area contributed by atoms with E-state index in [2.05, 4.69) is 5.32 Å². The topological polar surface area (TPSA) is 69.6 Å². The fraction of sp³-hybridized carbons (Fsp3) is 0.500. The minimum absolute atomic E-state index is 0.0833. The Balaban J connectivity index is 2.17. The summed E-state index contributed by atoms with van der Waals surface area (Å²) in [6.45, 7) is -0.0833. The van der Waals surface area contributed by atoms with Crippen molar-refractivity contribution < 1.29 is 15.0 Å². The van der Waals surface area contributed by atoms with E-state index in [1.807, 2.05) is 0 Å². The number of rotatable bonds is 3. The van der Waals surface area contributed by atoms with Gasteiger partial charge in [0, 0.05) is 5.02 Å². The highest BCUT2D eigenvalue weighted by Crippen LogP contribution is 2.29. The van der Waals surface area contributed by atoms with E-state index in [0.29, 0.717) is 5.02 Å². The number of phenolic OH excluding ortho intramolecular Hbond substituents is 1. The Bertz CT molecular complexity index is 470. The Morgan fingerprint density at radius 1 is 1.32 bits per heavy atom. The van der Waals surface area contributed by atoms with E-state index in [-0.39, 0.29) is 17.9 Å². The maximum absolute atomic E-state index is 12.2. The van der Waals surface area contributed by atoms with Crippen LogP contribution in [0.5, 0.6) is 5.75 Å². The molecule has 104 valence electrons. The maximum atomic E-state index is 12.2. The third kappa shape index (κ3) is 3.19. The van der Waals surface area contributed by atoms with Crippen molar-refractivity contribution >= 4 is 17.5 Å². The molecule has 1 saturated carbocycles. The Morgan fingerprint density at radius 2 is 2.00 bits per heavy atom. The molecule has 2 rings (SSSR count). The van der Waals surface area contributed by atoms with Gasteiger partial charge in [-0.2, -0.15) is 0 Å². The van der Waals surface area contributed by atoms with Crippen LogP contribution in [-0.2, 0) is 0 Å². The van der Waals surface area contributed by atoms with Crippen molar-refractivity contribution in [3.05, 3.63) is 28.8 Å². The van der Waals surface area contributed by atoms with Gasteiger partial charge in [0.05, 0.1) is 17.7 Å². The molecular weight excluding hydrogens is 266 g/mol. The van der Waals surface area contributed by atoms with Gasteiger partial charge in [-0.15, -0.1) is 0 Å². The predicted octanol–water partition coefficient (Wildman–Crippen LogP) is 2.47. The molecule has 4 nitrogen and oxygen atoms in total. The lowest BCUT2D eigenvalue weighted by Gasteiger charge is -2.36. The molecule has 0 bridgehead atoms. The van der Waals surface area contributed by atoms with Gasteiger partial charge < -0.3 is 15.5 Å². The number of aromatic hydroxyl groups is 1. The molecule has 0 heterocycles. The van der Waals surface area contributed by atoms with Crippen LogP contribution in [0.15, 0.2) is 18.2 Å². The quantitative estimate of drug-likeness (QED) is 0.798. The van der Waals surface area contributed by atoms with Gasteiger partial charge in [0.25, 0.3) is 5.91 Å². The first-order chi connectivity index (χ1) is 9.06. The number of amides is 1. The standard InChI is InChI=1S/C14H18ClNO3/c15-10-4-5-12(18)11(8-10)13(19)16-14(9-17)6-2-1-3-7-14/h4-5,8,17-18H,1-3,6-7,9H2,(H,16,19). The van der Waals surface area contributed by atoms with Crippen molar-refractivity contribution in [3.63, 3.8) is 0 Å². The number of benzene rings is 1. The van der Waals surface area contributed by atoms with E-state index in [1.165, 1.54) is 18.2 Å². The maximum Gasteiger partial charge on any atom is 0.255 e. The molecule has 1 aliphatic carbocycles. The zero-order valence-corrected chi connectivity index (χ0v) is 11.4. The minimum atomic E-state index is -0.565. The summed E-state index contributed by atoms with van der Waals surface area (Å²) >= 11 is 5.83. The van der Waals surface area contributed by atoms with Crippen LogP contribution in [0.2, 0.25) is 5.02 Å². The SMILES string of the molecule is O=C(NC1(CO)CCCCC1)c1cc(Cl)ccc1O. The Hall–Kier alpha value is -1.26. The molecule has 1 fully saturated rings. The highest BCUT2D eigenvalue weighted by Gasteiger charge is 2.33. The summed E-state index contributed by atoms with van der Waals surface area (Å²) in [5.74, 6) is -0.498. The largest absolute Gasteiger partial charge is 0.507 e. The van der Waals surface area contributed by atoms with Crippen LogP contribution in [0.25, 0.3) is 0 Å². The molecule has 1 aliphatic rings. The van der Waals surface area contributed by atoms with Gasteiger partial charge in [0.15, 0.2) is 0 Å². The second-order valence-electron chi connectivity index (χ2n) is 5.11. The Kier molecular flexibility index (Phi) is 4.32. The van der Waals surface area contributed by atoms with Crippen molar-refractivity contribution in [2.45, 2.75) is 37.6 Å². The summed E-state index contributed by atoms with van der Waals surface area (Å²) in [5.41, 5.74) is -0.421. The molecule has 0 atom stereocenters. The third-order valence-corrected chi connectivity index (χ3v) is 3.93. The molecule has 0 saturated heterocycles. The van der Waals surface area contributed by atoms with E-state index in [1.54, 1.807) is 0 Å². The van der Waals surface area contributed by atoms with Gasteiger partial charge in [-0.05, 0) is 31.0 Å². The van der Waals surface area contributed by atoms with Crippen LogP contribution in [-0.4, -0.2) is 28.3 Å². The van der Waals surface area contributed by atoms with Gasteiger partial charge in [-0.3, -0.25) is 4.79 Å². The highest BCUT2D eigenvalue weighted by molar-refractivity contribution is 6.31. The lowest BCUT2D eigenvalue weighted by molar-refractivity contribution is 0.0756. The first-order valence-electron chi connectivity index (χ1n) is 6.48. The van der Waals surface area contributed by atoms with Gasteiger partial charge >= 0.3 is 0 Å². The number of hydrogen-bond donors (Lipinski definition) is 3. The average Bonchev–Trinajstić information content (AvgIpc) is 2.42. The molecule has 0 aliphatic heterocycles. The Morgan fingerprint density at radius 3 is 2.63 bits per heavy atom. The molecule has 19 heavy (non-hydrogen) atoms. The number of nitrogens with one attached hydrogen (secondary N) is 1. The lowest BCUT2D eigenvalue weighted by Crippen LogP contribution is -2.52. The van der Waals surface area contributed by atoms with E-state index < -0.39 is 11.4 Å². The van der Waals surface area contributed by atoms with E-state index >= 15 is 0 Å². The van der Waals surface area contributed by atoms with E-state index in [4.69, 9.17) is 11.6 Å². The monoisotopic (exact) mass is 283 g/mol. The second kappa shape index (κ2) is 5.80. The summed E-state index contributed by atoms with van der Waals surface area (Å²) in [7, 11) is 0. The van der Waals surface area contributed by atoms with Crippen molar-refractivity contribution in [2.75, 3.05) is 6.61 Å². The average molecular weight is 284 g/mol. The van der Waals surface area contributed by atoms with E-state index in [9.17, 15) is 15.0 Å². The number of halogens is 1. The van der Waals surface area contributed by atoms with E-state index in [0.717, 1.165) is 32.1 Å². The minimum Gasteiger partial charge on any atom is -0.507 e. The van der Waals surface area contributed by atoms with Crippen LogP contribution in [0, 0.1) is 0 Å². The molecule has 0 spiro atoms. The van der Waals surface area contributed by atoms with Crippen molar-refractivity contribution in [1.82, 2.24) is 5.32 Å². The van der Waals surface area contributed by atoms with Crippen LogP contribution in [0.4, 0.5) is 0 Å². The zero-order valence-electron chi connectivity index (χ0n) is 10.7. The number of hydrogen-bond acceptors (Lipinski definition) is 3. The number of phenols is 1. The molecule has 1 amide bonds. The summed E-state index contributed by atoms with van der Waals surface area (Å²) < 4.78 is 0. The normalized spacial score (nSPS) is 18.0. The predicted molar refractivity (Wildman–Crippen MR) is 73.5 cm³/mol. The molecule has 5 heteroatoms. The lowest BCUT2D eigenvalue weighted by atomic mass is 9.82. The molecule has 3 N–H and O–H groups in total. The van der Waals surface area contributed by atoms with Crippen LogP contribution >= 0.6 is 11.6 Å². The zero-order chi connectivity index (χ0) is 13.9. The first kappa shape index (κ1) is 14.2. The van der Waals surface area contributed by atoms with Gasteiger partial charge in [-0.25, -0.2) is 0 Å². The molecule has 0 aromatic heterocycles. The fourth-order valence-electron chi connectivity index (χ4n) is 2.55. The van der Waals surface area contributed by atoms with Crippen LogP contribution < -0.4 is 5.32 Å². The summed E-state index contributed by atoms with van der Waals surface area (Å²) in [6, 6.07) is 4.35. The number of carbonyl (C=O) groups is 1. The smallest absolute Gasteiger partial charge is 0.255 e. The molecule has 1 aromatic rings. The first-order valence-corrected chi connectivity index (χ1v) is 6.86. The van der Waals surface area contributed by atoms with Crippen LogP contribution in [0.1, 0.15) is 42.5 Å². The number of carbonyl (C=O) groups excluding carboxylic acids is 1. The molecular formula is C14H18ClNO3.